The normalized spacial score (nSPS) is 28.9. The Morgan fingerprint density at radius 3 is 2.59 bits per heavy atom. The Morgan fingerprint density at radius 2 is 2.06 bits per heavy atom. The minimum absolute atomic E-state index is 0.220. The summed E-state index contributed by atoms with van der Waals surface area (Å²) < 4.78 is 5.42. The molecule has 0 spiro atoms. The molecule has 1 saturated heterocycles. The van der Waals surface area contributed by atoms with Crippen LogP contribution in [-0.2, 0) is 4.74 Å². The SMILES string of the molecule is CCC(C)C1CNC(C)(C)CN1CC(C)OC. The number of nitrogens with one attached hydrogen (secondary N) is 1. The van der Waals surface area contributed by atoms with E-state index in [9.17, 15) is 0 Å². The van der Waals surface area contributed by atoms with Crippen LogP contribution in [0.4, 0.5) is 0 Å². The molecule has 0 bridgehead atoms. The average Bonchev–Trinajstić information content (AvgIpc) is 2.27. The van der Waals surface area contributed by atoms with E-state index in [4.69, 9.17) is 4.74 Å². The molecule has 1 aliphatic heterocycles. The van der Waals surface area contributed by atoms with Crippen molar-refractivity contribution in [1.29, 1.82) is 0 Å². The number of rotatable bonds is 5. The second-order valence-corrected chi connectivity index (χ2v) is 6.19. The molecule has 1 heterocycles. The molecule has 0 aliphatic carbocycles. The van der Waals surface area contributed by atoms with Gasteiger partial charge in [0.1, 0.15) is 0 Å². The minimum atomic E-state index is 0.220. The fourth-order valence-electron chi connectivity index (χ4n) is 2.63. The molecule has 3 unspecified atom stereocenters. The molecule has 1 N–H and O–H groups in total. The van der Waals surface area contributed by atoms with E-state index in [1.54, 1.807) is 7.11 Å². The van der Waals surface area contributed by atoms with Gasteiger partial charge in [0.25, 0.3) is 0 Å². The molecule has 3 atom stereocenters. The zero-order chi connectivity index (χ0) is 13.1. The molecule has 0 saturated carbocycles. The summed E-state index contributed by atoms with van der Waals surface area (Å²) in [7, 11) is 1.80. The monoisotopic (exact) mass is 242 g/mol. The lowest BCUT2D eigenvalue weighted by atomic mass is 9.90. The lowest BCUT2D eigenvalue weighted by molar-refractivity contribution is 0.0114. The lowest BCUT2D eigenvalue weighted by Crippen LogP contribution is -2.64. The van der Waals surface area contributed by atoms with Gasteiger partial charge in [0.15, 0.2) is 0 Å². The highest BCUT2D eigenvalue weighted by Gasteiger charge is 2.35. The van der Waals surface area contributed by atoms with Crippen LogP contribution < -0.4 is 5.32 Å². The van der Waals surface area contributed by atoms with Crippen molar-refractivity contribution in [1.82, 2.24) is 10.2 Å². The van der Waals surface area contributed by atoms with Crippen LogP contribution >= 0.6 is 0 Å². The van der Waals surface area contributed by atoms with E-state index in [0.29, 0.717) is 12.1 Å². The van der Waals surface area contributed by atoms with Crippen molar-refractivity contribution in [3.05, 3.63) is 0 Å². The molecule has 3 nitrogen and oxygen atoms in total. The number of hydrogen-bond donors (Lipinski definition) is 1. The maximum absolute atomic E-state index is 5.42. The summed E-state index contributed by atoms with van der Waals surface area (Å²) in [6.45, 7) is 14.6. The predicted octanol–water partition coefficient (Wildman–Crippen LogP) is 2.12. The Morgan fingerprint density at radius 1 is 1.41 bits per heavy atom. The Labute approximate surface area is 107 Å². The maximum Gasteiger partial charge on any atom is 0.0670 e. The molecule has 0 amide bonds. The van der Waals surface area contributed by atoms with Gasteiger partial charge in [-0.3, -0.25) is 4.90 Å². The van der Waals surface area contributed by atoms with Gasteiger partial charge in [-0.25, -0.2) is 0 Å². The molecule has 1 fully saturated rings. The third kappa shape index (κ3) is 4.23. The van der Waals surface area contributed by atoms with Crippen molar-refractivity contribution in [2.75, 3.05) is 26.7 Å². The Kier molecular flexibility index (Phi) is 5.42. The van der Waals surface area contributed by atoms with Crippen molar-refractivity contribution >= 4 is 0 Å². The summed E-state index contributed by atoms with van der Waals surface area (Å²) in [5.41, 5.74) is 0.220. The Hall–Kier alpha value is -0.120. The first-order chi connectivity index (χ1) is 7.89. The van der Waals surface area contributed by atoms with Gasteiger partial charge in [-0.15, -0.1) is 0 Å². The largest absolute Gasteiger partial charge is 0.380 e. The summed E-state index contributed by atoms with van der Waals surface area (Å²) in [5.74, 6) is 0.739. The third-order valence-corrected chi connectivity index (χ3v) is 4.05. The van der Waals surface area contributed by atoms with Gasteiger partial charge in [0, 0.05) is 38.3 Å². The summed E-state index contributed by atoms with van der Waals surface area (Å²) in [4.78, 5) is 2.61. The van der Waals surface area contributed by atoms with Gasteiger partial charge < -0.3 is 10.1 Å². The van der Waals surface area contributed by atoms with Crippen LogP contribution in [-0.4, -0.2) is 49.3 Å². The van der Waals surface area contributed by atoms with Crippen LogP contribution in [0.1, 0.15) is 41.0 Å². The van der Waals surface area contributed by atoms with Crippen molar-refractivity contribution in [2.24, 2.45) is 5.92 Å². The maximum atomic E-state index is 5.42. The van der Waals surface area contributed by atoms with Crippen LogP contribution in [0.25, 0.3) is 0 Å². The van der Waals surface area contributed by atoms with Crippen molar-refractivity contribution in [3.8, 4) is 0 Å². The molecule has 0 aromatic heterocycles. The minimum Gasteiger partial charge on any atom is -0.380 e. The number of nitrogens with zero attached hydrogens (tertiary/aromatic N) is 1. The lowest BCUT2D eigenvalue weighted by Gasteiger charge is -2.47. The fourth-order valence-corrected chi connectivity index (χ4v) is 2.63. The molecule has 0 aromatic rings. The van der Waals surface area contributed by atoms with E-state index in [2.05, 4.69) is 44.8 Å². The zero-order valence-electron chi connectivity index (χ0n) is 12.4. The molecule has 0 aromatic carbocycles. The van der Waals surface area contributed by atoms with Crippen molar-refractivity contribution in [2.45, 2.75) is 58.7 Å². The molecule has 3 heteroatoms. The van der Waals surface area contributed by atoms with Gasteiger partial charge in [-0.1, -0.05) is 20.3 Å². The Balaban J connectivity index is 2.68. The van der Waals surface area contributed by atoms with Crippen LogP contribution in [0, 0.1) is 5.92 Å². The van der Waals surface area contributed by atoms with Gasteiger partial charge in [-0.2, -0.15) is 0 Å². The second kappa shape index (κ2) is 6.17. The standard InChI is InChI=1S/C14H30N2O/c1-7-11(2)13-8-15-14(4,5)10-16(13)9-12(3)17-6/h11-13,15H,7-10H2,1-6H3. The first kappa shape index (κ1) is 14.9. The van der Waals surface area contributed by atoms with Gasteiger partial charge in [-0.05, 0) is 26.7 Å². The highest BCUT2D eigenvalue weighted by atomic mass is 16.5. The summed E-state index contributed by atoms with van der Waals surface area (Å²) in [6.07, 6.45) is 1.56. The van der Waals surface area contributed by atoms with Gasteiger partial charge >= 0.3 is 0 Å². The molecule has 1 aliphatic rings. The number of hydrogen-bond acceptors (Lipinski definition) is 3. The van der Waals surface area contributed by atoms with Gasteiger partial charge in [0.2, 0.25) is 0 Å². The van der Waals surface area contributed by atoms with E-state index in [1.807, 2.05) is 0 Å². The van der Waals surface area contributed by atoms with E-state index in [0.717, 1.165) is 25.6 Å². The van der Waals surface area contributed by atoms with Crippen LogP contribution in [0.3, 0.4) is 0 Å². The van der Waals surface area contributed by atoms with Crippen LogP contribution in [0.2, 0.25) is 0 Å². The molecular weight excluding hydrogens is 212 g/mol. The average molecular weight is 242 g/mol. The number of piperazine rings is 1. The highest BCUT2D eigenvalue weighted by Crippen LogP contribution is 2.22. The smallest absolute Gasteiger partial charge is 0.0670 e. The van der Waals surface area contributed by atoms with E-state index >= 15 is 0 Å². The van der Waals surface area contributed by atoms with Crippen LogP contribution in [0.5, 0.6) is 0 Å². The predicted molar refractivity (Wildman–Crippen MR) is 73.4 cm³/mol. The van der Waals surface area contributed by atoms with Gasteiger partial charge in [0.05, 0.1) is 6.10 Å². The van der Waals surface area contributed by atoms with Crippen LogP contribution in [0.15, 0.2) is 0 Å². The van der Waals surface area contributed by atoms with Crippen molar-refractivity contribution in [3.63, 3.8) is 0 Å². The number of ether oxygens (including phenoxy) is 1. The molecule has 1 rings (SSSR count). The zero-order valence-corrected chi connectivity index (χ0v) is 12.4. The molecular formula is C14H30N2O. The van der Waals surface area contributed by atoms with E-state index in [1.165, 1.54) is 6.42 Å². The summed E-state index contributed by atoms with van der Waals surface area (Å²) in [6, 6.07) is 0.644. The first-order valence-electron chi connectivity index (χ1n) is 6.91. The summed E-state index contributed by atoms with van der Waals surface area (Å²) >= 11 is 0. The fraction of sp³-hybridized carbons (Fsp3) is 1.00. The molecule has 102 valence electrons. The van der Waals surface area contributed by atoms with E-state index in [-0.39, 0.29) is 5.54 Å². The third-order valence-electron chi connectivity index (χ3n) is 4.05. The Bertz CT molecular complexity index is 230. The molecule has 0 radical (unpaired) electrons. The topological polar surface area (TPSA) is 24.5 Å². The number of methoxy groups -OCH3 is 1. The van der Waals surface area contributed by atoms with Crippen molar-refractivity contribution < 1.29 is 4.74 Å². The molecule has 17 heavy (non-hydrogen) atoms. The second-order valence-electron chi connectivity index (χ2n) is 6.19. The first-order valence-corrected chi connectivity index (χ1v) is 6.91. The van der Waals surface area contributed by atoms with E-state index < -0.39 is 0 Å². The highest BCUT2D eigenvalue weighted by molar-refractivity contribution is 4.94. The summed E-state index contributed by atoms with van der Waals surface area (Å²) in [5, 5.41) is 3.66. The quantitative estimate of drug-likeness (QED) is 0.799.